The molecule has 1 heterocycles. The average molecular weight is 265 g/mol. The van der Waals surface area contributed by atoms with Gasteiger partial charge in [-0.3, -0.25) is 0 Å². The minimum atomic E-state index is 0.623. The van der Waals surface area contributed by atoms with Crippen molar-refractivity contribution in [2.75, 3.05) is 0 Å². The zero-order chi connectivity index (χ0) is 13.2. The van der Waals surface area contributed by atoms with Crippen molar-refractivity contribution in [1.29, 1.82) is 0 Å². The van der Waals surface area contributed by atoms with E-state index in [1.807, 2.05) is 0 Å². The maximum absolute atomic E-state index is 3.99. The Bertz CT molecular complexity index is 300. The van der Waals surface area contributed by atoms with E-state index in [0.29, 0.717) is 6.04 Å². The summed E-state index contributed by atoms with van der Waals surface area (Å²) in [6.45, 7) is 0.737. The second-order valence-electron chi connectivity index (χ2n) is 5.67. The number of H-pyrrole nitrogens is 1. The molecule has 0 radical (unpaired) electrons. The van der Waals surface area contributed by atoms with Gasteiger partial charge in [-0.25, -0.2) is 0 Å². The second kappa shape index (κ2) is 9.02. The molecule has 19 heavy (non-hydrogen) atoms. The van der Waals surface area contributed by atoms with Crippen LogP contribution in [0.3, 0.4) is 0 Å². The Kier molecular flexibility index (Phi) is 6.85. The normalized spacial score (nSPS) is 20.6. The van der Waals surface area contributed by atoms with Crippen LogP contribution < -0.4 is 5.32 Å². The number of aromatic amines is 1. The fraction of sp³-hybridized carbons (Fsp3) is 0.929. The van der Waals surface area contributed by atoms with E-state index in [1.165, 1.54) is 70.6 Å². The van der Waals surface area contributed by atoms with Crippen LogP contribution in [0.5, 0.6) is 0 Å². The van der Waals surface area contributed by atoms with Crippen molar-refractivity contribution in [3.63, 3.8) is 0 Å². The minimum absolute atomic E-state index is 0.623. The molecule has 1 aromatic rings. The van der Waals surface area contributed by atoms with Crippen LogP contribution in [0.15, 0.2) is 0 Å². The van der Waals surface area contributed by atoms with E-state index < -0.39 is 0 Å². The van der Waals surface area contributed by atoms with Crippen LogP contribution in [0.2, 0.25) is 0 Å². The first-order valence-electron chi connectivity index (χ1n) is 7.91. The summed E-state index contributed by atoms with van der Waals surface area (Å²) < 4.78 is 0. The van der Waals surface area contributed by atoms with E-state index in [0.717, 1.165) is 12.4 Å². The number of tetrazole rings is 1. The van der Waals surface area contributed by atoms with E-state index in [4.69, 9.17) is 0 Å². The molecule has 5 heteroatoms. The average Bonchev–Trinajstić information content (AvgIpc) is 2.91. The third-order valence-electron chi connectivity index (χ3n) is 4.04. The molecule has 1 fully saturated rings. The zero-order valence-electron chi connectivity index (χ0n) is 11.9. The van der Waals surface area contributed by atoms with Gasteiger partial charge in [-0.15, -0.1) is 10.2 Å². The summed E-state index contributed by atoms with van der Waals surface area (Å²) in [6, 6.07) is 0.623. The lowest BCUT2D eigenvalue weighted by Crippen LogP contribution is -2.29. The topological polar surface area (TPSA) is 66.5 Å². The van der Waals surface area contributed by atoms with Gasteiger partial charge in [0, 0.05) is 6.04 Å². The summed E-state index contributed by atoms with van der Waals surface area (Å²) in [4.78, 5) is 0. The van der Waals surface area contributed by atoms with Gasteiger partial charge >= 0.3 is 0 Å². The van der Waals surface area contributed by atoms with Gasteiger partial charge in [0.15, 0.2) is 5.82 Å². The lowest BCUT2D eigenvalue weighted by Gasteiger charge is -2.18. The van der Waals surface area contributed by atoms with Crippen LogP contribution in [0.25, 0.3) is 0 Å². The first-order chi connectivity index (χ1) is 9.45. The number of hydrogen-bond acceptors (Lipinski definition) is 4. The van der Waals surface area contributed by atoms with Gasteiger partial charge in [0.25, 0.3) is 0 Å². The van der Waals surface area contributed by atoms with Gasteiger partial charge in [0.05, 0.1) is 6.54 Å². The van der Waals surface area contributed by atoms with Crippen LogP contribution >= 0.6 is 0 Å². The Hall–Kier alpha value is -0.970. The predicted molar refractivity (Wildman–Crippen MR) is 75.6 cm³/mol. The number of aromatic nitrogens is 4. The van der Waals surface area contributed by atoms with Crippen molar-refractivity contribution in [2.45, 2.75) is 83.2 Å². The van der Waals surface area contributed by atoms with Crippen LogP contribution in [-0.2, 0) is 6.54 Å². The summed E-state index contributed by atoms with van der Waals surface area (Å²) >= 11 is 0. The number of rotatable bonds is 3. The standard InChI is InChI=1S/C14H27N5/c1-2-4-6-8-10-13(11-9-7-5-3-1)15-12-14-16-18-19-17-14/h13,15H,1-12H2,(H,16,17,18,19). The Balaban J connectivity index is 1.71. The van der Waals surface area contributed by atoms with E-state index >= 15 is 0 Å². The Morgan fingerprint density at radius 1 is 0.895 bits per heavy atom. The molecule has 1 aliphatic carbocycles. The van der Waals surface area contributed by atoms with Crippen molar-refractivity contribution in [3.8, 4) is 0 Å². The van der Waals surface area contributed by atoms with Crippen molar-refractivity contribution in [2.24, 2.45) is 0 Å². The maximum atomic E-state index is 3.99. The number of hydrogen-bond donors (Lipinski definition) is 2. The van der Waals surface area contributed by atoms with Crippen LogP contribution in [0.1, 0.15) is 76.5 Å². The highest BCUT2D eigenvalue weighted by Gasteiger charge is 2.10. The molecule has 0 unspecified atom stereocenters. The summed E-state index contributed by atoms with van der Waals surface area (Å²) in [5.74, 6) is 0.770. The highest BCUT2D eigenvalue weighted by atomic mass is 15.5. The summed E-state index contributed by atoms with van der Waals surface area (Å²) in [5.41, 5.74) is 0. The summed E-state index contributed by atoms with van der Waals surface area (Å²) in [5, 5.41) is 17.7. The third-order valence-corrected chi connectivity index (χ3v) is 4.04. The first-order valence-corrected chi connectivity index (χ1v) is 7.91. The van der Waals surface area contributed by atoms with Crippen LogP contribution in [0, 0.1) is 0 Å². The molecule has 0 aromatic carbocycles. The molecule has 5 nitrogen and oxygen atoms in total. The molecule has 108 valence electrons. The highest BCUT2D eigenvalue weighted by molar-refractivity contribution is 4.77. The Morgan fingerprint density at radius 2 is 1.47 bits per heavy atom. The van der Waals surface area contributed by atoms with Gasteiger partial charge in [-0.2, -0.15) is 5.21 Å². The Morgan fingerprint density at radius 3 is 2.00 bits per heavy atom. The fourth-order valence-corrected chi connectivity index (χ4v) is 2.86. The largest absolute Gasteiger partial charge is 0.307 e. The van der Waals surface area contributed by atoms with Gasteiger partial charge in [-0.1, -0.05) is 63.0 Å². The quantitative estimate of drug-likeness (QED) is 0.881. The molecule has 0 saturated heterocycles. The van der Waals surface area contributed by atoms with Gasteiger partial charge in [0.2, 0.25) is 0 Å². The number of nitrogens with zero attached hydrogens (tertiary/aromatic N) is 3. The molecule has 2 N–H and O–H groups in total. The number of nitrogens with one attached hydrogen (secondary N) is 2. The monoisotopic (exact) mass is 265 g/mol. The van der Waals surface area contributed by atoms with Gasteiger partial charge < -0.3 is 5.32 Å². The molecule has 0 spiro atoms. The molecule has 0 bridgehead atoms. The first kappa shape index (κ1) is 14.4. The maximum Gasteiger partial charge on any atom is 0.188 e. The lowest BCUT2D eigenvalue weighted by molar-refractivity contribution is 0.399. The molecule has 0 aliphatic heterocycles. The molecular weight excluding hydrogens is 238 g/mol. The SMILES string of the molecule is C1CCCCCC(NCc2nn[nH]n2)CCCCC1. The summed E-state index contributed by atoms with van der Waals surface area (Å²) in [6.07, 6.45) is 15.2. The van der Waals surface area contributed by atoms with Crippen molar-refractivity contribution in [3.05, 3.63) is 5.82 Å². The summed E-state index contributed by atoms with van der Waals surface area (Å²) in [7, 11) is 0. The molecule has 1 aromatic heterocycles. The molecule has 2 rings (SSSR count). The molecule has 1 aliphatic rings. The van der Waals surface area contributed by atoms with Crippen molar-refractivity contribution in [1.82, 2.24) is 25.9 Å². The van der Waals surface area contributed by atoms with E-state index in [2.05, 4.69) is 25.9 Å². The lowest BCUT2D eigenvalue weighted by atomic mass is 9.98. The smallest absolute Gasteiger partial charge is 0.188 e. The van der Waals surface area contributed by atoms with Crippen LogP contribution in [0.4, 0.5) is 0 Å². The van der Waals surface area contributed by atoms with Crippen molar-refractivity contribution >= 4 is 0 Å². The minimum Gasteiger partial charge on any atom is -0.307 e. The fourth-order valence-electron chi connectivity index (χ4n) is 2.86. The second-order valence-corrected chi connectivity index (χ2v) is 5.67. The molecule has 0 atom stereocenters. The predicted octanol–water partition coefficient (Wildman–Crippen LogP) is 2.96. The van der Waals surface area contributed by atoms with E-state index in [1.54, 1.807) is 0 Å². The van der Waals surface area contributed by atoms with Crippen molar-refractivity contribution < 1.29 is 0 Å². The Labute approximate surface area is 115 Å². The third kappa shape index (κ3) is 6.14. The van der Waals surface area contributed by atoms with Crippen LogP contribution in [-0.4, -0.2) is 26.7 Å². The highest BCUT2D eigenvalue weighted by Crippen LogP contribution is 2.17. The van der Waals surface area contributed by atoms with Gasteiger partial charge in [0.1, 0.15) is 0 Å². The molecular formula is C14H27N5. The van der Waals surface area contributed by atoms with Gasteiger partial charge in [-0.05, 0) is 12.8 Å². The zero-order valence-corrected chi connectivity index (χ0v) is 11.9. The van der Waals surface area contributed by atoms with E-state index in [9.17, 15) is 0 Å². The van der Waals surface area contributed by atoms with E-state index in [-0.39, 0.29) is 0 Å². The molecule has 0 amide bonds. The molecule has 1 saturated carbocycles.